The van der Waals surface area contributed by atoms with Crippen molar-refractivity contribution in [3.63, 3.8) is 0 Å². The number of carbonyl (C=O) groups excluding carboxylic acids is 2. The third-order valence-corrected chi connectivity index (χ3v) is 8.16. The number of amides is 1. The molecule has 30 heavy (non-hydrogen) atoms. The topological polar surface area (TPSA) is 92.8 Å². The number of carbonyl (C=O) groups is 2. The van der Waals surface area contributed by atoms with Crippen molar-refractivity contribution >= 4 is 21.9 Å². The van der Waals surface area contributed by atoms with Gasteiger partial charge < -0.3 is 10.1 Å². The highest BCUT2D eigenvalue weighted by Gasteiger charge is 2.34. The first-order chi connectivity index (χ1) is 14.2. The van der Waals surface area contributed by atoms with Crippen LogP contribution in [0.1, 0.15) is 56.6 Å². The van der Waals surface area contributed by atoms with Crippen LogP contribution in [0.4, 0.5) is 0 Å². The minimum absolute atomic E-state index is 0.178. The van der Waals surface area contributed by atoms with E-state index in [1.54, 1.807) is 19.1 Å². The number of aryl methyl sites for hydroxylation is 2. The Labute approximate surface area is 179 Å². The molecule has 2 fully saturated rings. The lowest BCUT2D eigenvalue weighted by Gasteiger charge is -2.30. The van der Waals surface area contributed by atoms with Gasteiger partial charge in [-0.05, 0) is 69.7 Å². The molecule has 1 N–H and O–H groups in total. The molecule has 1 saturated carbocycles. The predicted molar refractivity (Wildman–Crippen MR) is 113 cm³/mol. The van der Waals surface area contributed by atoms with Gasteiger partial charge in [-0.2, -0.15) is 4.31 Å². The first-order valence-corrected chi connectivity index (χ1v) is 12.2. The lowest BCUT2D eigenvalue weighted by molar-refractivity contribution is -0.160. The largest absolute Gasteiger partial charge is 0.452 e. The second-order valence-electron chi connectivity index (χ2n) is 8.49. The fourth-order valence-electron chi connectivity index (χ4n) is 4.07. The highest BCUT2D eigenvalue weighted by atomic mass is 32.2. The number of sulfonamides is 1. The zero-order chi connectivity index (χ0) is 21.9. The third-order valence-electron chi connectivity index (χ3n) is 6.27. The molecule has 1 atom stereocenters. The van der Waals surface area contributed by atoms with Crippen molar-refractivity contribution in [1.82, 2.24) is 9.62 Å². The Hall–Kier alpha value is -1.93. The van der Waals surface area contributed by atoms with Gasteiger partial charge in [-0.25, -0.2) is 8.42 Å². The molecule has 1 aromatic rings. The molecule has 1 aliphatic carbocycles. The standard InChI is InChI=1S/C22H32N2O5S/c1-15-8-9-20(14-16(15)2)30(27,28)24-12-10-18(11-13-24)22(26)29-17(3)21(25)23-19-6-4-5-7-19/h8-9,14,17-19H,4-7,10-13H2,1-3H3,(H,23,25). The molecular weight excluding hydrogens is 404 g/mol. The normalized spacial score (nSPS) is 20.1. The van der Waals surface area contributed by atoms with Gasteiger partial charge in [0, 0.05) is 19.1 Å². The van der Waals surface area contributed by atoms with Crippen LogP contribution >= 0.6 is 0 Å². The van der Waals surface area contributed by atoms with E-state index >= 15 is 0 Å². The molecule has 166 valence electrons. The molecule has 2 aliphatic rings. The van der Waals surface area contributed by atoms with E-state index in [1.807, 2.05) is 19.9 Å². The number of ether oxygens (including phenoxy) is 1. The van der Waals surface area contributed by atoms with Gasteiger partial charge in [0.2, 0.25) is 10.0 Å². The van der Waals surface area contributed by atoms with Crippen LogP contribution in [0.15, 0.2) is 23.1 Å². The maximum absolute atomic E-state index is 12.9. The number of hydrogen-bond donors (Lipinski definition) is 1. The summed E-state index contributed by atoms with van der Waals surface area (Å²) in [5.74, 6) is -1.07. The van der Waals surface area contributed by atoms with E-state index in [1.165, 1.54) is 4.31 Å². The van der Waals surface area contributed by atoms with Crippen LogP contribution in [-0.2, 0) is 24.3 Å². The fraction of sp³-hybridized carbons (Fsp3) is 0.636. The van der Waals surface area contributed by atoms with Crippen LogP contribution in [0, 0.1) is 19.8 Å². The van der Waals surface area contributed by atoms with Crippen LogP contribution in [0.5, 0.6) is 0 Å². The van der Waals surface area contributed by atoms with Crippen LogP contribution in [-0.4, -0.2) is 49.8 Å². The summed E-state index contributed by atoms with van der Waals surface area (Å²) in [5.41, 5.74) is 1.97. The quantitative estimate of drug-likeness (QED) is 0.692. The zero-order valence-corrected chi connectivity index (χ0v) is 18.8. The summed E-state index contributed by atoms with van der Waals surface area (Å²) < 4.78 is 32.6. The first-order valence-electron chi connectivity index (χ1n) is 10.8. The van der Waals surface area contributed by atoms with E-state index in [0.29, 0.717) is 12.8 Å². The molecule has 8 heteroatoms. The van der Waals surface area contributed by atoms with E-state index in [-0.39, 0.29) is 29.9 Å². The third kappa shape index (κ3) is 5.21. The first kappa shape index (κ1) is 22.7. The highest BCUT2D eigenvalue weighted by molar-refractivity contribution is 7.89. The number of rotatable bonds is 6. The Balaban J connectivity index is 1.52. The van der Waals surface area contributed by atoms with Gasteiger partial charge in [-0.15, -0.1) is 0 Å². The van der Waals surface area contributed by atoms with E-state index in [9.17, 15) is 18.0 Å². The second kappa shape index (κ2) is 9.47. The van der Waals surface area contributed by atoms with Gasteiger partial charge in [-0.1, -0.05) is 18.9 Å². The number of esters is 1. The number of hydrogen-bond acceptors (Lipinski definition) is 5. The van der Waals surface area contributed by atoms with E-state index < -0.39 is 28.0 Å². The molecule has 0 spiro atoms. The predicted octanol–water partition coefficient (Wildman–Crippen LogP) is 2.69. The van der Waals surface area contributed by atoms with Crippen LogP contribution < -0.4 is 5.32 Å². The van der Waals surface area contributed by atoms with E-state index in [2.05, 4.69) is 5.32 Å². The summed E-state index contributed by atoms with van der Waals surface area (Å²) >= 11 is 0. The van der Waals surface area contributed by atoms with E-state index in [4.69, 9.17) is 4.74 Å². The number of piperidine rings is 1. The lowest BCUT2D eigenvalue weighted by Crippen LogP contribution is -2.44. The Kier molecular flexibility index (Phi) is 7.18. The van der Waals surface area contributed by atoms with Crippen molar-refractivity contribution in [2.75, 3.05) is 13.1 Å². The Bertz CT molecular complexity index is 885. The monoisotopic (exact) mass is 436 g/mol. The average molecular weight is 437 g/mol. The van der Waals surface area contributed by atoms with Gasteiger partial charge in [0.15, 0.2) is 6.10 Å². The second-order valence-corrected chi connectivity index (χ2v) is 10.4. The Morgan fingerprint density at radius 2 is 1.70 bits per heavy atom. The summed E-state index contributed by atoms with van der Waals surface area (Å²) in [4.78, 5) is 25.0. The van der Waals surface area contributed by atoms with Crippen LogP contribution in [0.3, 0.4) is 0 Å². The highest BCUT2D eigenvalue weighted by Crippen LogP contribution is 2.26. The summed E-state index contributed by atoms with van der Waals surface area (Å²) in [6.07, 6.45) is 4.11. The van der Waals surface area contributed by atoms with Crippen molar-refractivity contribution in [2.45, 2.75) is 76.3 Å². The average Bonchev–Trinajstić information content (AvgIpc) is 3.23. The molecule has 0 bridgehead atoms. The molecule has 1 saturated heterocycles. The molecule has 0 aromatic heterocycles. The fourth-order valence-corrected chi connectivity index (χ4v) is 5.62. The SMILES string of the molecule is Cc1ccc(S(=O)(=O)N2CCC(C(=O)OC(C)C(=O)NC3CCCC3)CC2)cc1C. The molecule has 1 aromatic carbocycles. The van der Waals surface area contributed by atoms with Gasteiger partial charge in [0.25, 0.3) is 5.91 Å². The van der Waals surface area contributed by atoms with Crippen LogP contribution in [0.2, 0.25) is 0 Å². The Morgan fingerprint density at radius 1 is 1.07 bits per heavy atom. The molecule has 1 amide bonds. The molecule has 1 unspecified atom stereocenters. The van der Waals surface area contributed by atoms with Crippen molar-refractivity contribution < 1.29 is 22.7 Å². The maximum Gasteiger partial charge on any atom is 0.309 e. The molecule has 1 heterocycles. The molecule has 0 radical (unpaired) electrons. The van der Waals surface area contributed by atoms with Gasteiger partial charge in [0.05, 0.1) is 10.8 Å². The van der Waals surface area contributed by atoms with Gasteiger partial charge >= 0.3 is 5.97 Å². The smallest absolute Gasteiger partial charge is 0.309 e. The summed E-state index contributed by atoms with van der Waals surface area (Å²) in [5, 5.41) is 2.94. The number of benzene rings is 1. The van der Waals surface area contributed by atoms with Crippen molar-refractivity contribution in [1.29, 1.82) is 0 Å². The lowest BCUT2D eigenvalue weighted by atomic mass is 9.98. The van der Waals surface area contributed by atoms with Gasteiger partial charge in [-0.3, -0.25) is 9.59 Å². The zero-order valence-electron chi connectivity index (χ0n) is 18.0. The Morgan fingerprint density at radius 3 is 2.30 bits per heavy atom. The minimum atomic E-state index is -3.58. The maximum atomic E-state index is 12.9. The minimum Gasteiger partial charge on any atom is -0.452 e. The van der Waals surface area contributed by atoms with Crippen LogP contribution in [0.25, 0.3) is 0 Å². The number of nitrogens with zero attached hydrogens (tertiary/aromatic N) is 1. The number of nitrogens with one attached hydrogen (secondary N) is 1. The summed E-state index contributed by atoms with van der Waals surface area (Å²) in [7, 11) is -3.58. The summed E-state index contributed by atoms with van der Waals surface area (Å²) in [6, 6.07) is 5.31. The molecule has 3 rings (SSSR count). The van der Waals surface area contributed by atoms with Gasteiger partial charge in [0.1, 0.15) is 0 Å². The van der Waals surface area contributed by atoms with Crippen molar-refractivity contribution in [3.05, 3.63) is 29.3 Å². The molecular formula is C22H32N2O5S. The van der Waals surface area contributed by atoms with Crippen molar-refractivity contribution in [3.8, 4) is 0 Å². The molecule has 1 aliphatic heterocycles. The molecule has 7 nitrogen and oxygen atoms in total. The summed E-state index contributed by atoms with van der Waals surface area (Å²) in [6.45, 7) is 5.94. The van der Waals surface area contributed by atoms with E-state index in [0.717, 1.165) is 36.8 Å². The van der Waals surface area contributed by atoms with Crippen molar-refractivity contribution in [2.24, 2.45) is 5.92 Å².